The predicted molar refractivity (Wildman–Crippen MR) is 114 cm³/mol. The van der Waals surface area contributed by atoms with Gasteiger partial charge in [0.15, 0.2) is 0 Å². The molecular weight excluding hydrogens is 352 g/mol. The third-order valence-corrected chi connectivity index (χ3v) is 5.77. The number of benzene rings is 2. The zero-order valence-corrected chi connectivity index (χ0v) is 16.8. The first-order valence-corrected chi connectivity index (χ1v) is 10.0. The first-order valence-electron chi connectivity index (χ1n) is 10.0. The van der Waals surface area contributed by atoms with E-state index in [1.165, 1.54) is 11.4 Å². The van der Waals surface area contributed by atoms with Crippen molar-refractivity contribution in [2.75, 3.05) is 69.8 Å². The number of rotatable bonds is 5. The van der Waals surface area contributed by atoms with Gasteiger partial charge in [0.25, 0.3) is 0 Å². The van der Waals surface area contributed by atoms with Gasteiger partial charge >= 0.3 is 0 Å². The second kappa shape index (κ2) is 8.71. The molecule has 2 fully saturated rings. The van der Waals surface area contributed by atoms with Crippen LogP contribution in [0.15, 0.2) is 48.5 Å². The molecule has 1 atom stereocenters. The van der Waals surface area contributed by atoms with E-state index in [0.717, 1.165) is 57.3 Å². The van der Waals surface area contributed by atoms with E-state index in [-0.39, 0.29) is 0 Å². The molecule has 0 spiro atoms. The average molecular weight is 383 g/mol. The molecule has 6 nitrogen and oxygen atoms in total. The molecule has 2 heterocycles. The molecule has 2 aliphatic heterocycles. The summed E-state index contributed by atoms with van der Waals surface area (Å²) in [5, 5.41) is 3.71. The molecule has 0 aromatic heterocycles. The minimum absolute atomic E-state index is 0.392. The van der Waals surface area contributed by atoms with Crippen LogP contribution in [0.5, 0.6) is 11.5 Å². The molecule has 1 N–H and O–H groups in total. The van der Waals surface area contributed by atoms with E-state index in [1.54, 1.807) is 14.2 Å². The Balaban J connectivity index is 1.34. The number of hydrogen-bond donors (Lipinski definition) is 1. The summed E-state index contributed by atoms with van der Waals surface area (Å²) in [5.74, 6) is 1.83. The van der Waals surface area contributed by atoms with Gasteiger partial charge in [-0.3, -0.25) is 10.2 Å². The van der Waals surface area contributed by atoms with Crippen LogP contribution in [0.3, 0.4) is 0 Å². The van der Waals surface area contributed by atoms with E-state index >= 15 is 0 Å². The highest BCUT2D eigenvalue weighted by molar-refractivity contribution is 5.51. The molecule has 150 valence electrons. The third kappa shape index (κ3) is 4.18. The molecule has 2 aromatic carbocycles. The van der Waals surface area contributed by atoms with Gasteiger partial charge in [0, 0.05) is 63.3 Å². The summed E-state index contributed by atoms with van der Waals surface area (Å²) >= 11 is 0. The van der Waals surface area contributed by atoms with Gasteiger partial charge in [0.1, 0.15) is 11.5 Å². The molecule has 28 heavy (non-hydrogen) atoms. The Labute approximate surface area is 167 Å². The van der Waals surface area contributed by atoms with Crippen LogP contribution < -0.4 is 24.6 Å². The number of ether oxygens (including phenoxy) is 2. The van der Waals surface area contributed by atoms with Gasteiger partial charge in [-0.15, -0.1) is 0 Å². The predicted octanol–water partition coefficient (Wildman–Crippen LogP) is 2.26. The summed E-state index contributed by atoms with van der Waals surface area (Å²) < 4.78 is 10.7. The smallest absolute Gasteiger partial charge is 0.120 e. The van der Waals surface area contributed by atoms with Gasteiger partial charge < -0.3 is 19.3 Å². The molecule has 2 saturated heterocycles. The number of hydrogen-bond acceptors (Lipinski definition) is 6. The maximum Gasteiger partial charge on any atom is 0.120 e. The fraction of sp³-hybridized carbons (Fsp3) is 0.455. The van der Waals surface area contributed by atoms with Crippen LogP contribution in [0, 0.1) is 0 Å². The van der Waals surface area contributed by atoms with Crippen molar-refractivity contribution in [2.45, 2.75) is 6.17 Å². The highest BCUT2D eigenvalue weighted by Crippen LogP contribution is 2.24. The molecule has 0 aliphatic carbocycles. The first kappa shape index (κ1) is 18.9. The van der Waals surface area contributed by atoms with E-state index < -0.39 is 0 Å². The van der Waals surface area contributed by atoms with Crippen LogP contribution >= 0.6 is 0 Å². The highest BCUT2D eigenvalue weighted by Gasteiger charge is 2.28. The van der Waals surface area contributed by atoms with Crippen molar-refractivity contribution in [1.82, 2.24) is 10.2 Å². The van der Waals surface area contributed by atoms with Crippen molar-refractivity contribution in [3.05, 3.63) is 48.5 Å². The van der Waals surface area contributed by atoms with Crippen LogP contribution in [0.4, 0.5) is 11.4 Å². The molecule has 2 aromatic rings. The lowest BCUT2D eigenvalue weighted by Crippen LogP contribution is -2.62. The summed E-state index contributed by atoms with van der Waals surface area (Å²) in [6.07, 6.45) is 0.392. The lowest BCUT2D eigenvalue weighted by atomic mass is 10.2. The standard InChI is InChI=1S/C22H30N4O2/c1-27-20-8-6-18(7-9-20)26-11-10-23-22(17-26)25-14-12-24(13-15-25)19-4-3-5-21(16-19)28-2/h3-9,16,22-23H,10-15,17H2,1-2H3. The molecule has 1 unspecified atom stereocenters. The SMILES string of the molecule is COc1ccc(N2CCNC(N3CCN(c4cccc(OC)c4)CC3)C2)cc1. The molecule has 0 amide bonds. The van der Waals surface area contributed by atoms with Crippen molar-refractivity contribution in [3.63, 3.8) is 0 Å². The Bertz CT molecular complexity index is 759. The maximum absolute atomic E-state index is 5.37. The molecule has 2 aliphatic rings. The summed E-state index contributed by atoms with van der Waals surface area (Å²) in [5.41, 5.74) is 2.51. The van der Waals surface area contributed by atoms with Gasteiger partial charge in [0.2, 0.25) is 0 Å². The largest absolute Gasteiger partial charge is 0.497 e. The second-order valence-electron chi connectivity index (χ2n) is 7.34. The third-order valence-electron chi connectivity index (χ3n) is 5.77. The quantitative estimate of drug-likeness (QED) is 0.856. The maximum atomic E-state index is 5.37. The lowest BCUT2D eigenvalue weighted by Gasteiger charge is -2.44. The zero-order chi connectivity index (χ0) is 19.3. The number of nitrogens with zero attached hydrogens (tertiary/aromatic N) is 3. The van der Waals surface area contributed by atoms with Gasteiger partial charge in [-0.05, 0) is 36.4 Å². The van der Waals surface area contributed by atoms with Crippen LogP contribution in [-0.2, 0) is 0 Å². The lowest BCUT2D eigenvalue weighted by molar-refractivity contribution is 0.149. The topological polar surface area (TPSA) is 40.2 Å². The second-order valence-corrected chi connectivity index (χ2v) is 7.34. The Morgan fingerprint density at radius 1 is 0.786 bits per heavy atom. The Kier molecular flexibility index (Phi) is 5.88. The number of methoxy groups -OCH3 is 2. The van der Waals surface area contributed by atoms with E-state index in [1.807, 2.05) is 18.2 Å². The summed E-state index contributed by atoms with van der Waals surface area (Å²) in [7, 11) is 3.43. The Morgan fingerprint density at radius 2 is 1.54 bits per heavy atom. The van der Waals surface area contributed by atoms with E-state index in [0.29, 0.717) is 6.17 Å². The van der Waals surface area contributed by atoms with Crippen LogP contribution in [0.2, 0.25) is 0 Å². The number of piperazine rings is 2. The molecule has 0 radical (unpaired) electrons. The van der Waals surface area contributed by atoms with Crippen molar-refractivity contribution in [3.8, 4) is 11.5 Å². The average Bonchev–Trinajstić information content (AvgIpc) is 2.79. The Hall–Kier alpha value is -2.44. The van der Waals surface area contributed by atoms with E-state index in [4.69, 9.17) is 9.47 Å². The van der Waals surface area contributed by atoms with Crippen LogP contribution in [-0.4, -0.2) is 71.1 Å². The van der Waals surface area contributed by atoms with E-state index in [2.05, 4.69) is 50.3 Å². The number of nitrogens with one attached hydrogen (secondary N) is 1. The normalized spacial score (nSPS) is 20.9. The highest BCUT2D eigenvalue weighted by atomic mass is 16.5. The summed E-state index contributed by atoms with van der Waals surface area (Å²) in [6.45, 7) is 7.24. The fourth-order valence-corrected chi connectivity index (χ4v) is 4.10. The molecule has 6 heteroatoms. The van der Waals surface area contributed by atoms with Gasteiger partial charge in [0.05, 0.1) is 20.4 Å². The summed E-state index contributed by atoms with van der Waals surface area (Å²) in [4.78, 5) is 7.49. The summed E-state index contributed by atoms with van der Waals surface area (Å²) in [6, 6.07) is 16.8. The van der Waals surface area contributed by atoms with Crippen LogP contribution in [0.1, 0.15) is 0 Å². The minimum Gasteiger partial charge on any atom is -0.497 e. The minimum atomic E-state index is 0.392. The fourth-order valence-electron chi connectivity index (χ4n) is 4.10. The molecule has 4 rings (SSSR count). The van der Waals surface area contributed by atoms with Gasteiger partial charge in [-0.25, -0.2) is 0 Å². The molecule has 0 bridgehead atoms. The van der Waals surface area contributed by atoms with Gasteiger partial charge in [-0.1, -0.05) is 6.07 Å². The molecular formula is C22H30N4O2. The Morgan fingerprint density at radius 3 is 2.25 bits per heavy atom. The zero-order valence-electron chi connectivity index (χ0n) is 16.8. The van der Waals surface area contributed by atoms with Crippen LogP contribution in [0.25, 0.3) is 0 Å². The van der Waals surface area contributed by atoms with E-state index in [9.17, 15) is 0 Å². The molecule has 0 saturated carbocycles. The monoisotopic (exact) mass is 382 g/mol. The van der Waals surface area contributed by atoms with Gasteiger partial charge in [-0.2, -0.15) is 0 Å². The van der Waals surface area contributed by atoms with Crippen molar-refractivity contribution < 1.29 is 9.47 Å². The first-order chi connectivity index (χ1) is 13.8. The van der Waals surface area contributed by atoms with Crippen molar-refractivity contribution in [1.29, 1.82) is 0 Å². The number of anilines is 2. The van der Waals surface area contributed by atoms with Crippen molar-refractivity contribution >= 4 is 11.4 Å². The van der Waals surface area contributed by atoms with Crippen molar-refractivity contribution in [2.24, 2.45) is 0 Å².